The molecule has 50 heavy (non-hydrogen) atoms. The van der Waals surface area contributed by atoms with E-state index in [2.05, 4.69) is 10.8 Å². The number of hydrogen-bond donors (Lipinski definition) is 2. The molecule has 0 spiro atoms. The molecule has 2 aromatic carbocycles. The van der Waals surface area contributed by atoms with Gasteiger partial charge in [0.15, 0.2) is 6.10 Å². The normalized spacial score (nSPS) is 14.4. The predicted octanol–water partition coefficient (Wildman–Crippen LogP) is 8.31. The van der Waals surface area contributed by atoms with Crippen molar-refractivity contribution in [3.05, 3.63) is 106 Å². The fourth-order valence-corrected chi connectivity index (χ4v) is 5.19. The van der Waals surface area contributed by atoms with Crippen molar-refractivity contribution in [3.63, 3.8) is 0 Å². The molecule has 2 N–H and O–H groups in total. The number of phenols is 2. The topological polar surface area (TPSA) is 119 Å². The number of halogens is 3. The van der Waals surface area contributed by atoms with Crippen molar-refractivity contribution in [1.29, 1.82) is 0 Å². The molecular formula is C39H47F3O8. The van der Waals surface area contributed by atoms with Crippen molar-refractivity contribution in [2.24, 2.45) is 0 Å². The van der Waals surface area contributed by atoms with Crippen LogP contribution in [-0.2, 0) is 47.0 Å². The first-order valence-corrected chi connectivity index (χ1v) is 16.1. The summed E-state index contributed by atoms with van der Waals surface area (Å²) in [7, 11) is 2.02. The van der Waals surface area contributed by atoms with Crippen molar-refractivity contribution in [2.45, 2.75) is 91.0 Å². The lowest BCUT2D eigenvalue weighted by Crippen LogP contribution is -2.53. The van der Waals surface area contributed by atoms with E-state index in [0.29, 0.717) is 30.4 Å². The van der Waals surface area contributed by atoms with Gasteiger partial charge in [-0.1, -0.05) is 65.3 Å². The van der Waals surface area contributed by atoms with Gasteiger partial charge < -0.3 is 24.4 Å². The zero-order valence-corrected chi connectivity index (χ0v) is 29.6. The van der Waals surface area contributed by atoms with Crippen molar-refractivity contribution in [1.82, 2.24) is 0 Å². The van der Waals surface area contributed by atoms with E-state index in [1.165, 1.54) is 50.4 Å². The second-order valence-corrected chi connectivity index (χ2v) is 12.3. The van der Waals surface area contributed by atoms with E-state index in [0.717, 1.165) is 43.2 Å². The SMILES string of the molecule is COC(=O)Cc1cc(O)cc(C/C=C(\C)CC/C=C(\C)CC/C=C(\C)C(=O)[C@H](C=C(C)C)OC(=O)[C@](OC)(c2ccccc2)C(F)(F)F)c1O. The van der Waals surface area contributed by atoms with Crippen LogP contribution in [0.5, 0.6) is 11.5 Å². The van der Waals surface area contributed by atoms with Crippen LogP contribution in [0.3, 0.4) is 0 Å². The molecule has 2 atom stereocenters. The Morgan fingerprint density at radius 1 is 0.840 bits per heavy atom. The number of esters is 2. The molecular weight excluding hydrogens is 653 g/mol. The van der Waals surface area contributed by atoms with Crippen LogP contribution >= 0.6 is 0 Å². The summed E-state index contributed by atoms with van der Waals surface area (Å²) in [6.07, 6.45) is 3.00. The zero-order valence-electron chi connectivity index (χ0n) is 29.6. The van der Waals surface area contributed by atoms with Gasteiger partial charge in [-0.25, -0.2) is 4.79 Å². The molecule has 0 aromatic heterocycles. The molecule has 272 valence electrons. The Morgan fingerprint density at radius 3 is 1.98 bits per heavy atom. The summed E-state index contributed by atoms with van der Waals surface area (Å²) in [4.78, 5) is 38.2. The molecule has 0 aliphatic carbocycles. The summed E-state index contributed by atoms with van der Waals surface area (Å²) >= 11 is 0. The molecule has 0 radical (unpaired) electrons. The molecule has 2 aromatic rings. The third kappa shape index (κ3) is 11.5. The Bertz CT molecular complexity index is 1620. The monoisotopic (exact) mass is 700 g/mol. The highest BCUT2D eigenvalue weighted by atomic mass is 19.4. The summed E-state index contributed by atoms with van der Waals surface area (Å²) in [5, 5.41) is 20.6. The number of aromatic hydroxyl groups is 2. The molecule has 0 saturated heterocycles. The smallest absolute Gasteiger partial charge is 0.432 e. The largest absolute Gasteiger partial charge is 0.508 e. The number of ether oxygens (including phenoxy) is 3. The highest BCUT2D eigenvalue weighted by molar-refractivity contribution is 6.01. The number of methoxy groups -OCH3 is 2. The Balaban J connectivity index is 2.05. The lowest BCUT2D eigenvalue weighted by molar-refractivity contribution is -0.277. The van der Waals surface area contributed by atoms with Crippen LogP contribution in [0.25, 0.3) is 0 Å². The number of ketones is 1. The third-order valence-electron chi connectivity index (χ3n) is 8.05. The standard InChI is InChI=1S/C39H47F3O8/c1-25(2)21-33(50-37(47)38(49-7,39(40,41)42)31-17-9-8-10-18-31)35(45)28(5)16-12-15-26(3)13-11-14-27(4)19-20-29-22-32(43)23-30(36(29)46)24-34(44)48-6/h8-10,13,16-19,21-23,33,43,46H,11-12,14-15,20,24H2,1-7H3/b26-13+,27-19+,28-16+/t33-,38+/m0/s1. The molecule has 0 aliphatic heterocycles. The van der Waals surface area contributed by atoms with Gasteiger partial charge in [0, 0.05) is 23.8 Å². The Labute approximate surface area is 291 Å². The Hall–Kier alpha value is -4.64. The molecule has 0 bridgehead atoms. The van der Waals surface area contributed by atoms with Crippen LogP contribution in [-0.4, -0.2) is 54.4 Å². The summed E-state index contributed by atoms with van der Waals surface area (Å²) in [5.41, 5.74) is -0.172. The van der Waals surface area contributed by atoms with E-state index in [1.807, 2.05) is 19.9 Å². The minimum Gasteiger partial charge on any atom is -0.508 e. The van der Waals surface area contributed by atoms with E-state index >= 15 is 0 Å². The van der Waals surface area contributed by atoms with Gasteiger partial charge in [-0.2, -0.15) is 13.2 Å². The van der Waals surface area contributed by atoms with Crippen LogP contribution in [0.1, 0.15) is 77.0 Å². The van der Waals surface area contributed by atoms with E-state index in [9.17, 15) is 37.8 Å². The van der Waals surface area contributed by atoms with Gasteiger partial charge in [-0.15, -0.1) is 0 Å². The van der Waals surface area contributed by atoms with Gasteiger partial charge in [-0.05, 0) is 90.5 Å². The second kappa shape index (κ2) is 18.9. The average molecular weight is 701 g/mol. The van der Waals surface area contributed by atoms with Gasteiger partial charge in [0.1, 0.15) is 11.5 Å². The van der Waals surface area contributed by atoms with Crippen molar-refractivity contribution < 1.29 is 52.0 Å². The zero-order chi connectivity index (χ0) is 37.6. The first-order valence-electron chi connectivity index (χ1n) is 16.1. The van der Waals surface area contributed by atoms with E-state index in [-0.39, 0.29) is 29.1 Å². The van der Waals surface area contributed by atoms with Crippen LogP contribution in [0.4, 0.5) is 13.2 Å². The molecule has 0 amide bonds. The molecule has 0 saturated carbocycles. The first-order chi connectivity index (χ1) is 23.5. The molecule has 2 rings (SSSR count). The Morgan fingerprint density at radius 2 is 1.42 bits per heavy atom. The number of benzene rings is 2. The van der Waals surface area contributed by atoms with Crippen molar-refractivity contribution >= 4 is 17.7 Å². The number of phenolic OH excluding ortho intramolecular Hbond substituents is 2. The number of alkyl halides is 3. The van der Waals surface area contributed by atoms with E-state index in [1.54, 1.807) is 19.9 Å². The highest BCUT2D eigenvalue weighted by Crippen LogP contribution is 2.43. The van der Waals surface area contributed by atoms with Crippen molar-refractivity contribution in [3.8, 4) is 11.5 Å². The highest BCUT2D eigenvalue weighted by Gasteiger charge is 2.64. The molecule has 8 nitrogen and oxygen atoms in total. The lowest BCUT2D eigenvalue weighted by atomic mass is 9.92. The van der Waals surface area contributed by atoms with Gasteiger partial charge >= 0.3 is 18.1 Å². The van der Waals surface area contributed by atoms with Crippen LogP contribution < -0.4 is 0 Å². The fourth-order valence-electron chi connectivity index (χ4n) is 5.19. The maximum Gasteiger partial charge on any atom is 0.432 e. The van der Waals surface area contributed by atoms with Crippen LogP contribution in [0.15, 0.2) is 89.1 Å². The molecule has 0 fully saturated rings. The number of carbonyl (C=O) groups is 3. The minimum absolute atomic E-state index is 0.0570. The number of hydrogen-bond acceptors (Lipinski definition) is 8. The minimum atomic E-state index is -5.17. The molecule has 0 unspecified atom stereocenters. The van der Waals surface area contributed by atoms with E-state index in [4.69, 9.17) is 9.47 Å². The van der Waals surface area contributed by atoms with Gasteiger partial charge in [0.25, 0.3) is 5.60 Å². The predicted molar refractivity (Wildman–Crippen MR) is 184 cm³/mol. The number of carbonyl (C=O) groups excluding carboxylic acids is 3. The maximum atomic E-state index is 14.4. The number of rotatable bonds is 17. The molecule has 0 aliphatic rings. The number of Topliss-reactive ketones (excluding diaryl/α,β-unsaturated/α-hetero) is 1. The quantitative estimate of drug-likeness (QED) is 0.0732. The summed E-state index contributed by atoms with van der Waals surface area (Å²) in [5.74, 6) is -3.03. The van der Waals surface area contributed by atoms with Crippen molar-refractivity contribution in [2.75, 3.05) is 14.2 Å². The van der Waals surface area contributed by atoms with Gasteiger partial charge in [0.2, 0.25) is 5.78 Å². The molecule has 11 heteroatoms. The van der Waals surface area contributed by atoms with E-state index < -0.39 is 41.2 Å². The van der Waals surface area contributed by atoms with Gasteiger partial charge in [-0.3, -0.25) is 9.59 Å². The summed E-state index contributed by atoms with van der Waals surface area (Å²) in [6.45, 7) is 8.72. The summed E-state index contributed by atoms with van der Waals surface area (Å²) in [6, 6.07) is 9.21. The fraction of sp³-hybridized carbons (Fsp3) is 0.410. The molecule has 0 heterocycles. The maximum absolute atomic E-state index is 14.4. The average Bonchev–Trinajstić information content (AvgIpc) is 3.04. The Kier molecular flexibility index (Phi) is 15.7. The third-order valence-corrected chi connectivity index (χ3v) is 8.05. The van der Waals surface area contributed by atoms with Crippen LogP contribution in [0, 0.1) is 0 Å². The first kappa shape index (κ1) is 41.5. The number of allylic oxidation sites excluding steroid dienone is 6. The summed E-state index contributed by atoms with van der Waals surface area (Å²) < 4.78 is 57.8. The second-order valence-electron chi connectivity index (χ2n) is 12.3. The lowest BCUT2D eigenvalue weighted by Gasteiger charge is -2.33. The van der Waals surface area contributed by atoms with Gasteiger partial charge in [0.05, 0.1) is 13.5 Å². The van der Waals surface area contributed by atoms with Crippen LogP contribution in [0.2, 0.25) is 0 Å².